The summed E-state index contributed by atoms with van der Waals surface area (Å²) in [5, 5.41) is 0. The molecule has 1 heterocycles. The van der Waals surface area contributed by atoms with E-state index < -0.39 is 0 Å². The number of methoxy groups -OCH3 is 1. The summed E-state index contributed by atoms with van der Waals surface area (Å²) < 4.78 is 7.46. The van der Waals surface area contributed by atoms with E-state index in [2.05, 4.69) is 29.7 Å². The third-order valence-electron chi connectivity index (χ3n) is 5.63. The van der Waals surface area contributed by atoms with Crippen LogP contribution in [0.1, 0.15) is 29.8 Å². The molecule has 0 amide bonds. The standard InChI is InChI=1S/C27H26N2O2/c1-5-19-17-22(13-16-24(19)18(2)30)27-28-25(20-11-14-23(31-4)15-12-20)26(29(27)3)21-9-7-6-8-10-21/h6-17H,5H2,1-4H3. The first kappa shape index (κ1) is 20.6. The SMILES string of the molecule is CCc1cc(-c2nc(-c3ccc(OC)cc3)c(-c3ccccc3)n2C)ccc1C(C)=O. The fourth-order valence-corrected chi connectivity index (χ4v) is 4.00. The Hall–Kier alpha value is -3.66. The second-order valence-corrected chi connectivity index (χ2v) is 7.57. The molecule has 4 rings (SSSR count). The number of rotatable bonds is 6. The van der Waals surface area contributed by atoms with Crippen LogP contribution in [0.4, 0.5) is 0 Å². The number of nitrogens with zero attached hydrogens (tertiary/aromatic N) is 2. The second kappa shape index (κ2) is 8.60. The summed E-state index contributed by atoms with van der Waals surface area (Å²) in [6.45, 7) is 3.69. The number of ether oxygens (including phenoxy) is 1. The van der Waals surface area contributed by atoms with E-state index in [1.807, 2.05) is 61.6 Å². The number of imidazole rings is 1. The molecule has 0 spiro atoms. The van der Waals surface area contributed by atoms with Gasteiger partial charge in [-0.1, -0.05) is 49.4 Å². The van der Waals surface area contributed by atoms with E-state index in [9.17, 15) is 4.79 Å². The molecule has 0 saturated carbocycles. The average molecular weight is 411 g/mol. The molecule has 31 heavy (non-hydrogen) atoms. The van der Waals surface area contributed by atoms with E-state index in [1.54, 1.807) is 14.0 Å². The van der Waals surface area contributed by atoms with Gasteiger partial charge in [0.25, 0.3) is 0 Å². The molecule has 0 bridgehead atoms. The Morgan fingerprint density at radius 2 is 1.61 bits per heavy atom. The quantitative estimate of drug-likeness (QED) is 0.356. The number of Topliss-reactive ketones (excluding diaryl/α,β-unsaturated/α-hetero) is 1. The molecule has 0 aliphatic carbocycles. The molecule has 0 unspecified atom stereocenters. The largest absolute Gasteiger partial charge is 0.497 e. The summed E-state index contributed by atoms with van der Waals surface area (Å²) in [6.07, 6.45) is 0.796. The fourth-order valence-electron chi connectivity index (χ4n) is 4.00. The molecule has 0 saturated heterocycles. The first-order chi connectivity index (χ1) is 15.0. The van der Waals surface area contributed by atoms with Crippen molar-refractivity contribution in [2.75, 3.05) is 7.11 Å². The van der Waals surface area contributed by atoms with Crippen molar-refractivity contribution >= 4 is 5.78 Å². The van der Waals surface area contributed by atoms with Crippen molar-refractivity contribution in [2.45, 2.75) is 20.3 Å². The topological polar surface area (TPSA) is 44.1 Å². The van der Waals surface area contributed by atoms with Crippen LogP contribution in [0.5, 0.6) is 5.75 Å². The minimum atomic E-state index is 0.0899. The summed E-state index contributed by atoms with van der Waals surface area (Å²) in [5.41, 5.74) is 6.92. The zero-order valence-corrected chi connectivity index (χ0v) is 18.3. The maximum Gasteiger partial charge on any atom is 0.160 e. The fraction of sp³-hybridized carbons (Fsp3) is 0.185. The maximum absolute atomic E-state index is 12.0. The zero-order chi connectivity index (χ0) is 22.0. The van der Waals surface area contributed by atoms with Crippen molar-refractivity contribution in [3.63, 3.8) is 0 Å². The Labute approximate surface area is 183 Å². The number of hydrogen-bond acceptors (Lipinski definition) is 3. The average Bonchev–Trinajstić information content (AvgIpc) is 3.16. The van der Waals surface area contributed by atoms with Crippen molar-refractivity contribution in [1.29, 1.82) is 0 Å². The smallest absolute Gasteiger partial charge is 0.160 e. The van der Waals surface area contributed by atoms with Crippen molar-refractivity contribution in [3.8, 4) is 39.7 Å². The van der Waals surface area contributed by atoms with Gasteiger partial charge in [-0.2, -0.15) is 0 Å². The summed E-state index contributed by atoms with van der Waals surface area (Å²) in [4.78, 5) is 17.1. The molecule has 4 nitrogen and oxygen atoms in total. The number of aryl methyl sites for hydroxylation is 1. The molecule has 0 atom stereocenters. The first-order valence-corrected chi connectivity index (χ1v) is 10.4. The summed E-state index contributed by atoms with van der Waals surface area (Å²) >= 11 is 0. The van der Waals surface area contributed by atoms with Gasteiger partial charge in [0.05, 0.1) is 18.5 Å². The van der Waals surface area contributed by atoms with Crippen molar-refractivity contribution in [3.05, 3.63) is 83.9 Å². The minimum Gasteiger partial charge on any atom is -0.497 e. The van der Waals surface area contributed by atoms with Gasteiger partial charge in [0, 0.05) is 29.3 Å². The number of benzene rings is 3. The highest BCUT2D eigenvalue weighted by molar-refractivity contribution is 5.96. The lowest BCUT2D eigenvalue weighted by Gasteiger charge is -2.10. The molecular formula is C27H26N2O2. The Kier molecular flexibility index (Phi) is 5.72. The van der Waals surface area contributed by atoms with E-state index in [4.69, 9.17) is 9.72 Å². The lowest BCUT2D eigenvalue weighted by molar-refractivity contribution is 0.101. The van der Waals surface area contributed by atoms with E-state index in [0.717, 1.165) is 57.2 Å². The van der Waals surface area contributed by atoms with Gasteiger partial charge in [0.1, 0.15) is 11.6 Å². The first-order valence-electron chi connectivity index (χ1n) is 10.4. The molecule has 0 aliphatic rings. The highest BCUT2D eigenvalue weighted by Gasteiger charge is 2.20. The molecule has 4 aromatic rings. The van der Waals surface area contributed by atoms with E-state index in [-0.39, 0.29) is 5.78 Å². The molecule has 0 N–H and O–H groups in total. The van der Waals surface area contributed by atoms with Crippen molar-refractivity contribution in [2.24, 2.45) is 7.05 Å². The van der Waals surface area contributed by atoms with Crippen molar-refractivity contribution < 1.29 is 9.53 Å². The van der Waals surface area contributed by atoms with Crippen LogP contribution in [0.2, 0.25) is 0 Å². The third-order valence-corrected chi connectivity index (χ3v) is 5.63. The number of carbonyl (C=O) groups is 1. The molecule has 156 valence electrons. The van der Waals surface area contributed by atoms with Gasteiger partial charge in [-0.05, 0) is 49.2 Å². The van der Waals surface area contributed by atoms with Crippen LogP contribution in [0.3, 0.4) is 0 Å². The second-order valence-electron chi connectivity index (χ2n) is 7.57. The predicted molar refractivity (Wildman–Crippen MR) is 125 cm³/mol. The van der Waals surface area contributed by atoms with Crippen molar-refractivity contribution in [1.82, 2.24) is 9.55 Å². The molecule has 4 heteroatoms. The summed E-state index contributed by atoms with van der Waals surface area (Å²) in [5.74, 6) is 1.77. The van der Waals surface area contributed by atoms with Gasteiger partial charge in [-0.15, -0.1) is 0 Å². The van der Waals surface area contributed by atoms with Crippen LogP contribution >= 0.6 is 0 Å². The molecule has 0 radical (unpaired) electrons. The highest BCUT2D eigenvalue weighted by atomic mass is 16.5. The Balaban J connectivity index is 1.92. The van der Waals surface area contributed by atoms with Crippen LogP contribution in [0.25, 0.3) is 33.9 Å². The van der Waals surface area contributed by atoms with E-state index in [1.165, 1.54) is 0 Å². The van der Waals surface area contributed by atoms with Gasteiger partial charge in [0.2, 0.25) is 0 Å². The van der Waals surface area contributed by atoms with Crippen LogP contribution in [0, 0.1) is 0 Å². The minimum absolute atomic E-state index is 0.0899. The van der Waals surface area contributed by atoms with Gasteiger partial charge < -0.3 is 9.30 Å². The van der Waals surface area contributed by atoms with Gasteiger partial charge in [-0.3, -0.25) is 4.79 Å². The maximum atomic E-state index is 12.0. The summed E-state index contributed by atoms with van der Waals surface area (Å²) in [7, 11) is 3.71. The number of carbonyl (C=O) groups excluding carboxylic acids is 1. The zero-order valence-electron chi connectivity index (χ0n) is 18.3. The molecular weight excluding hydrogens is 384 g/mol. The van der Waals surface area contributed by atoms with Crippen LogP contribution in [0.15, 0.2) is 72.8 Å². The molecule has 1 aromatic heterocycles. The molecule has 0 fully saturated rings. The Bertz CT molecular complexity index is 1220. The monoisotopic (exact) mass is 410 g/mol. The molecule has 3 aromatic carbocycles. The summed E-state index contributed by atoms with van der Waals surface area (Å²) in [6, 6.07) is 24.3. The number of aromatic nitrogens is 2. The number of ketones is 1. The lowest BCUT2D eigenvalue weighted by atomic mass is 9.99. The van der Waals surface area contributed by atoms with E-state index in [0.29, 0.717) is 0 Å². The Morgan fingerprint density at radius 3 is 2.23 bits per heavy atom. The van der Waals surface area contributed by atoms with Gasteiger partial charge in [-0.25, -0.2) is 4.98 Å². The lowest BCUT2D eigenvalue weighted by Crippen LogP contribution is -2.01. The van der Waals surface area contributed by atoms with Crippen LogP contribution in [-0.2, 0) is 13.5 Å². The van der Waals surface area contributed by atoms with E-state index >= 15 is 0 Å². The normalized spacial score (nSPS) is 10.8. The highest BCUT2D eigenvalue weighted by Crippen LogP contribution is 2.36. The van der Waals surface area contributed by atoms with Crippen LogP contribution in [-0.4, -0.2) is 22.4 Å². The van der Waals surface area contributed by atoms with Gasteiger partial charge in [0.15, 0.2) is 5.78 Å². The van der Waals surface area contributed by atoms with Crippen LogP contribution < -0.4 is 4.74 Å². The van der Waals surface area contributed by atoms with Gasteiger partial charge >= 0.3 is 0 Å². The third kappa shape index (κ3) is 3.89. The Morgan fingerprint density at radius 1 is 0.935 bits per heavy atom. The molecule has 0 aliphatic heterocycles. The number of hydrogen-bond donors (Lipinski definition) is 0. The predicted octanol–water partition coefficient (Wildman–Crippen LogP) is 6.19.